The number of halogens is 1. The molecule has 0 radical (unpaired) electrons. The third-order valence-electron chi connectivity index (χ3n) is 4.23. The number of ether oxygens (including phenoxy) is 1. The highest BCUT2D eigenvalue weighted by atomic mass is 35.5. The first-order valence-corrected chi connectivity index (χ1v) is 11.0. The zero-order chi connectivity index (χ0) is 21.7. The fourth-order valence-electron chi connectivity index (χ4n) is 2.69. The molecule has 0 aliphatic rings. The molecule has 3 rings (SSSR count). The van der Waals surface area contributed by atoms with Crippen LogP contribution in [0.4, 0.5) is 11.4 Å². The molecule has 0 spiro atoms. The van der Waals surface area contributed by atoms with Gasteiger partial charge in [0.1, 0.15) is 5.75 Å². The van der Waals surface area contributed by atoms with E-state index in [0.29, 0.717) is 27.7 Å². The topological polar surface area (TPSA) is 84.5 Å². The van der Waals surface area contributed by atoms with Crippen LogP contribution < -0.4 is 14.8 Å². The van der Waals surface area contributed by atoms with Crippen molar-refractivity contribution >= 4 is 38.9 Å². The van der Waals surface area contributed by atoms with Gasteiger partial charge in [0.2, 0.25) is 0 Å². The van der Waals surface area contributed by atoms with Crippen LogP contribution in [0.3, 0.4) is 0 Å². The lowest BCUT2D eigenvalue weighted by Crippen LogP contribution is -2.20. The summed E-state index contributed by atoms with van der Waals surface area (Å²) in [6.07, 6.45) is 0. The number of anilines is 2. The van der Waals surface area contributed by atoms with Crippen molar-refractivity contribution in [2.45, 2.75) is 18.7 Å². The van der Waals surface area contributed by atoms with Gasteiger partial charge in [-0.15, -0.1) is 0 Å². The summed E-state index contributed by atoms with van der Waals surface area (Å²) in [6.45, 7) is 3.42. The Kier molecular flexibility index (Phi) is 6.64. The summed E-state index contributed by atoms with van der Waals surface area (Å²) in [4.78, 5) is 12.2. The van der Waals surface area contributed by atoms with Crippen molar-refractivity contribution in [3.05, 3.63) is 82.9 Å². The minimum Gasteiger partial charge on any atom is -0.483 e. The largest absolute Gasteiger partial charge is 0.483 e. The van der Waals surface area contributed by atoms with Gasteiger partial charge in [0, 0.05) is 16.4 Å². The third kappa shape index (κ3) is 5.75. The van der Waals surface area contributed by atoms with Crippen molar-refractivity contribution in [2.75, 3.05) is 16.6 Å². The number of sulfonamides is 1. The number of rotatable bonds is 7. The van der Waals surface area contributed by atoms with Crippen LogP contribution >= 0.6 is 11.6 Å². The lowest BCUT2D eigenvalue weighted by Gasteiger charge is -2.12. The molecule has 0 atom stereocenters. The van der Waals surface area contributed by atoms with Crippen molar-refractivity contribution in [1.82, 2.24) is 0 Å². The van der Waals surface area contributed by atoms with E-state index in [1.54, 1.807) is 43.3 Å². The molecule has 1 amide bonds. The van der Waals surface area contributed by atoms with E-state index < -0.39 is 10.0 Å². The second-order valence-electron chi connectivity index (χ2n) is 6.75. The first-order valence-electron chi connectivity index (χ1n) is 9.11. The first-order chi connectivity index (χ1) is 14.2. The summed E-state index contributed by atoms with van der Waals surface area (Å²) in [6, 6.07) is 18.3. The van der Waals surface area contributed by atoms with Crippen LogP contribution in [0.2, 0.25) is 5.02 Å². The highest BCUT2D eigenvalue weighted by Gasteiger charge is 2.16. The molecule has 3 aromatic carbocycles. The van der Waals surface area contributed by atoms with E-state index in [-0.39, 0.29) is 17.4 Å². The predicted octanol–water partition coefficient (Wildman–Crippen LogP) is 4.78. The molecule has 0 saturated carbocycles. The average molecular weight is 445 g/mol. The number of hydrogen-bond acceptors (Lipinski definition) is 4. The van der Waals surface area contributed by atoms with Gasteiger partial charge >= 0.3 is 0 Å². The van der Waals surface area contributed by atoms with E-state index in [1.165, 1.54) is 18.2 Å². The van der Waals surface area contributed by atoms with Gasteiger partial charge in [-0.1, -0.05) is 35.4 Å². The van der Waals surface area contributed by atoms with Crippen molar-refractivity contribution in [3.8, 4) is 5.75 Å². The Morgan fingerprint density at radius 2 is 1.70 bits per heavy atom. The van der Waals surface area contributed by atoms with Gasteiger partial charge in [-0.3, -0.25) is 9.52 Å². The molecule has 0 saturated heterocycles. The summed E-state index contributed by atoms with van der Waals surface area (Å²) >= 11 is 5.89. The third-order valence-corrected chi connectivity index (χ3v) is 5.84. The number of nitrogens with one attached hydrogen (secondary N) is 2. The number of aryl methyl sites for hydroxylation is 2. The molecule has 30 heavy (non-hydrogen) atoms. The van der Waals surface area contributed by atoms with E-state index in [9.17, 15) is 13.2 Å². The van der Waals surface area contributed by atoms with Gasteiger partial charge in [0.25, 0.3) is 15.9 Å². The first kappa shape index (κ1) is 21.7. The van der Waals surface area contributed by atoms with Crippen LogP contribution in [0, 0.1) is 13.8 Å². The van der Waals surface area contributed by atoms with Crippen molar-refractivity contribution in [1.29, 1.82) is 0 Å². The van der Waals surface area contributed by atoms with Crippen LogP contribution in [0.1, 0.15) is 11.1 Å². The summed E-state index contributed by atoms with van der Waals surface area (Å²) in [5, 5.41) is 3.20. The Labute approximate surface area is 180 Å². The molecule has 0 heterocycles. The Hall–Kier alpha value is -3.03. The fourth-order valence-corrected chi connectivity index (χ4v) is 4.03. The molecule has 3 aromatic rings. The van der Waals surface area contributed by atoms with Crippen LogP contribution in [0.25, 0.3) is 0 Å². The second kappa shape index (κ2) is 9.19. The summed E-state index contributed by atoms with van der Waals surface area (Å²) in [7, 11) is -3.74. The zero-order valence-electron chi connectivity index (χ0n) is 16.5. The monoisotopic (exact) mass is 444 g/mol. The molecule has 8 heteroatoms. The standard InChI is InChI=1S/C22H21ClN2O4S/c1-15-6-8-18(9-7-15)25-30(27,28)20-10-11-21(16(2)12-20)29-14-22(26)24-19-5-3-4-17(23)13-19/h3-13,25H,14H2,1-2H3,(H,24,26). The molecule has 0 unspecified atom stereocenters. The molecule has 0 aliphatic carbocycles. The van der Waals surface area contributed by atoms with Gasteiger partial charge in [-0.05, 0) is 67.9 Å². The van der Waals surface area contributed by atoms with Crippen LogP contribution in [-0.4, -0.2) is 20.9 Å². The van der Waals surface area contributed by atoms with Gasteiger partial charge in [0.15, 0.2) is 6.61 Å². The molecule has 2 N–H and O–H groups in total. The van der Waals surface area contributed by atoms with Gasteiger partial charge < -0.3 is 10.1 Å². The second-order valence-corrected chi connectivity index (χ2v) is 8.86. The van der Waals surface area contributed by atoms with E-state index in [2.05, 4.69) is 10.0 Å². The molecule has 6 nitrogen and oxygen atoms in total. The van der Waals surface area contributed by atoms with Crippen LogP contribution in [0.15, 0.2) is 71.6 Å². The van der Waals surface area contributed by atoms with Crippen LogP contribution in [0.5, 0.6) is 5.75 Å². The van der Waals surface area contributed by atoms with Crippen molar-refractivity contribution < 1.29 is 17.9 Å². The number of hydrogen-bond donors (Lipinski definition) is 2. The predicted molar refractivity (Wildman–Crippen MR) is 119 cm³/mol. The van der Waals surface area contributed by atoms with Gasteiger partial charge in [-0.2, -0.15) is 0 Å². The summed E-state index contributed by atoms with van der Waals surface area (Å²) in [5.41, 5.74) is 2.68. The number of amides is 1. The minimum absolute atomic E-state index is 0.108. The molecule has 0 fully saturated rings. The Morgan fingerprint density at radius 1 is 0.967 bits per heavy atom. The molecule has 0 aliphatic heterocycles. The number of carbonyl (C=O) groups is 1. The quantitative estimate of drug-likeness (QED) is 0.549. The number of benzene rings is 3. The Balaban J connectivity index is 1.64. The minimum atomic E-state index is -3.74. The Morgan fingerprint density at radius 3 is 2.37 bits per heavy atom. The van der Waals surface area contributed by atoms with Gasteiger partial charge in [-0.25, -0.2) is 8.42 Å². The molecule has 156 valence electrons. The van der Waals surface area contributed by atoms with E-state index >= 15 is 0 Å². The molecule has 0 aromatic heterocycles. The fraction of sp³-hybridized carbons (Fsp3) is 0.136. The zero-order valence-corrected chi connectivity index (χ0v) is 18.0. The summed E-state index contributed by atoms with van der Waals surface area (Å²) in [5.74, 6) is 0.0694. The van der Waals surface area contributed by atoms with Crippen molar-refractivity contribution in [3.63, 3.8) is 0 Å². The lowest BCUT2D eigenvalue weighted by atomic mass is 10.2. The number of carbonyl (C=O) groups excluding carboxylic acids is 1. The molecule has 0 bridgehead atoms. The normalized spacial score (nSPS) is 11.0. The Bertz CT molecular complexity index is 1160. The SMILES string of the molecule is Cc1ccc(NS(=O)(=O)c2ccc(OCC(=O)Nc3cccc(Cl)c3)c(C)c2)cc1. The van der Waals surface area contributed by atoms with Crippen molar-refractivity contribution in [2.24, 2.45) is 0 Å². The lowest BCUT2D eigenvalue weighted by molar-refractivity contribution is -0.118. The van der Waals surface area contributed by atoms with E-state index in [0.717, 1.165) is 5.56 Å². The summed E-state index contributed by atoms with van der Waals surface area (Å²) < 4.78 is 33.3. The highest BCUT2D eigenvalue weighted by Crippen LogP contribution is 2.24. The van der Waals surface area contributed by atoms with Gasteiger partial charge in [0.05, 0.1) is 4.90 Å². The highest BCUT2D eigenvalue weighted by molar-refractivity contribution is 7.92. The maximum Gasteiger partial charge on any atom is 0.262 e. The maximum absolute atomic E-state index is 12.6. The van der Waals surface area contributed by atoms with Crippen LogP contribution in [-0.2, 0) is 14.8 Å². The smallest absolute Gasteiger partial charge is 0.262 e. The maximum atomic E-state index is 12.6. The van der Waals surface area contributed by atoms with E-state index in [4.69, 9.17) is 16.3 Å². The molecular formula is C22H21ClN2O4S. The molecular weight excluding hydrogens is 424 g/mol. The average Bonchev–Trinajstić information content (AvgIpc) is 2.68. The van der Waals surface area contributed by atoms with E-state index in [1.807, 2.05) is 19.1 Å².